The van der Waals surface area contributed by atoms with Crippen molar-refractivity contribution in [1.29, 1.82) is 0 Å². The molecule has 24 N–H and O–H groups in total. The molecule has 4 fully saturated rings. The first-order valence-electron chi connectivity index (χ1n) is 30.6. The van der Waals surface area contributed by atoms with Crippen molar-refractivity contribution >= 4 is 115 Å². The van der Waals surface area contributed by atoms with Crippen LogP contribution in [0.2, 0.25) is 0 Å². The zero-order chi connectivity index (χ0) is 75.8. The van der Waals surface area contributed by atoms with Crippen molar-refractivity contribution < 1.29 is 78.5 Å². The molecule has 14 rings (SSSR count). The highest BCUT2D eigenvalue weighted by Crippen LogP contribution is 2.35. The number of fused-ring (bicyclic) bond motifs is 4. The van der Waals surface area contributed by atoms with Crippen molar-refractivity contribution in [2.75, 3.05) is 54.6 Å². The fourth-order valence-electron chi connectivity index (χ4n) is 11.1. The predicted octanol–water partition coefficient (Wildman–Crippen LogP) is -3.93. The molecule has 4 aliphatic rings. The van der Waals surface area contributed by atoms with Gasteiger partial charge >= 0.3 is 12.2 Å². The molecule has 0 aliphatic carbocycles. The van der Waals surface area contributed by atoms with E-state index in [-0.39, 0.29) is 117 Å². The SMILES string of the molecule is ClCCl.NC[C@H]1O[C@@H](n2cnc3c(=O)[nH]c(N)nc32)C[C@@H]1O.Nc1nc2c(ncn2[C@@H]2O[C@H](CO)[C@@H](N)[C@H]2O)c(=O)[nH]1.Nc1nc2c(ncn2[C@@H]2O[C@H](CO)[C@@H](NC(=O)NC[C@H]3O[C@@H](n4cnc5c(=O)[nH]c(N)nc54)C[C@@H]3O)[C@H]2O)c(=O)[nH]1.O=C(Oc1ccc([N+](=O)[O-])cc1)Oc1ccc([N+](=O)[O-])cc1. The van der Waals surface area contributed by atoms with Gasteiger partial charge in [0.2, 0.25) is 23.8 Å². The average Bonchev–Trinajstić information content (AvgIpc) is 1.68. The fraction of sp³-hybridized carbons (Fsp3) is 0.382. The van der Waals surface area contributed by atoms with Gasteiger partial charge in [-0.3, -0.25) is 77.6 Å². The van der Waals surface area contributed by atoms with E-state index < -0.39 is 137 Å². The zero-order valence-electron chi connectivity index (χ0n) is 53.7. The number of carbonyl (C=O) groups is 2. The molecular formula is C55H64Cl2N26O22. The number of hydrogen-bond donors (Lipinski definition) is 18. The summed E-state index contributed by atoms with van der Waals surface area (Å²) in [4.78, 5) is 133. The number of rotatable bonds is 14. The number of anilines is 4. The summed E-state index contributed by atoms with van der Waals surface area (Å²) in [5, 5.41) is 86.6. The number of nitrogen functional groups attached to an aromatic ring is 4. The average molecular weight is 1510 g/mol. The van der Waals surface area contributed by atoms with Gasteiger partial charge in [-0.2, -0.15) is 19.9 Å². The van der Waals surface area contributed by atoms with Crippen molar-refractivity contribution in [3.05, 3.63) is 135 Å². The fourth-order valence-corrected chi connectivity index (χ4v) is 11.1. The summed E-state index contributed by atoms with van der Waals surface area (Å²) in [5.74, 6) is -0.198. The van der Waals surface area contributed by atoms with E-state index in [2.05, 4.69) is 70.4 Å². The van der Waals surface area contributed by atoms with E-state index in [1.165, 1.54) is 87.5 Å². The third-order valence-electron chi connectivity index (χ3n) is 16.0. The number of nitro groups is 2. The summed E-state index contributed by atoms with van der Waals surface area (Å²) < 4.78 is 38.1. The van der Waals surface area contributed by atoms with Crippen molar-refractivity contribution in [2.45, 2.75) is 98.7 Å². The van der Waals surface area contributed by atoms with Crippen LogP contribution in [0.25, 0.3) is 44.7 Å². The van der Waals surface area contributed by atoms with Crippen LogP contribution >= 0.6 is 23.2 Å². The van der Waals surface area contributed by atoms with Crippen LogP contribution in [-0.2, 0) is 18.9 Å². The molecule has 12 heterocycles. The third kappa shape index (κ3) is 16.9. The van der Waals surface area contributed by atoms with Crippen molar-refractivity contribution in [1.82, 2.24) is 88.7 Å². The second-order valence-corrected chi connectivity index (χ2v) is 23.5. The minimum Gasteiger partial charge on any atom is -0.395 e. The zero-order valence-corrected chi connectivity index (χ0v) is 55.2. The number of nitrogens with one attached hydrogen (secondary N) is 6. The number of nitro benzene ring substituents is 2. The number of ether oxygens (including phenoxy) is 6. The van der Waals surface area contributed by atoms with E-state index in [4.69, 9.17) is 91.1 Å². The summed E-state index contributed by atoms with van der Waals surface area (Å²) >= 11 is 9.53. The molecule has 8 aromatic heterocycles. The molecule has 0 bridgehead atoms. The lowest BCUT2D eigenvalue weighted by atomic mass is 10.1. The van der Waals surface area contributed by atoms with Crippen LogP contribution in [0.1, 0.15) is 37.8 Å². The molecule has 105 heavy (non-hydrogen) atoms. The summed E-state index contributed by atoms with van der Waals surface area (Å²) in [5.41, 5.74) is 32.3. The minimum absolute atomic E-state index is 0.00757. The van der Waals surface area contributed by atoms with Crippen molar-refractivity contribution in [3.63, 3.8) is 0 Å². The molecule has 0 radical (unpaired) electrons. The highest BCUT2D eigenvalue weighted by atomic mass is 35.5. The van der Waals surface area contributed by atoms with Crippen LogP contribution in [0, 0.1) is 20.2 Å². The maximum atomic E-state index is 12.7. The Morgan fingerprint density at radius 3 is 1.28 bits per heavy atom. The molecule has 50 heteroatoms. The quantitative estimate of drug-likeness (QED) is 0.0163. The van der Waals surface area contributed by atoms with E-state index in [1.807, 2.05) is 0 Å². The number of nitrogens with zero attached hydrogens (tertiary/aromatic N) is 14. The number of aliphatic hydroxyl groups is 6. The van der Waals surface area contributed by atoms with E-state index in [0.29, 0.717) is 12.1 Å². The normalized spacial score (nSPS) is 23.8. The van der Waals surface area contributed by atoms with Crippen molar-refractivity contribution in [3.8, 4) is 11.5 Å². The molecule has 4 aliphatic heterocycles. The number of alkyl halides is 2. The lowest BCUT2D eigenvalue weighted by Crippen LogP contribution is -2.53. The van der Waals surface area contributed by atoms with E-state index in [1.54, 1.807) is 4.57 Å². The van der Waals surface area contributed by atoms with Crippen LogP contribution in [0.15, 0.2) is 93.0 Å². The van der Waals surface area contributed by atoms with E-state index >= 15 is 0 Å². The van der Waals surface area contributed by atoms with Crippen LogP contribution in [0.3, 0.4) is 0 Å². The van der Waals surface area contributed by atoms with Gasteiger partial charge in [-0.05, 0) is 24.3 Å². The number of nitrogens with two attached hydrogens (primary N) is 6. The number of aliphatic hydroxyl groups excluding tert-OH is 6. The Hall–Kier alpha value is -11.5. The summed E-state index contributed by atoms with van der Waals surface area (Å²) in [6, 6.07) is 7.12. The van der Waals surface area contributed by atoms with E-state index in [0.717, 1.165) is 0 Å². The molecule has 2 amide bonds. The number of H-pyrrole nitrogens is 4. The number of aromatic amines is 4. The Labute approximate surface area is 592 Å². The molecule has 0 saturated carbocycles. The monoisotopic (exact) mass is 1510 g/mol. The number of non-ortho nitro benzene ring substituents is 2. The maximum absolute atomic E-state index is 12.7. The Balaban J connectivity index is 0.000000157. The number of benzene rings is 2. The third-order valence-corrected chi connectivity index (χ3v) is 16.0. The molecule has 14 atom stereocenters. The van der Waals surface area contributed by atoms with E-state index in [9.17, 15) is 74.5 Å². The Morgan fingerprint density at radius 2 is 0.914 bits per heavy atom. The molecule has 4 saturated heterocycles. The van der Waals surface area contributed by atoms with Gasteiger partial charge < -0.3 is 104 Å². The summed E-state index contributed by atoms with van der Waals surface area (Å²) in [7, 11) is 0. The van der Waals surface area contributed by atoms with Gasteiger partial charge in [0, 0.05) is 50.2 Å². The number of halogens is 2. The van der Waals surface area contributed by atoms with Gasteiger partial charge in [0.1, 0.15) is 54.5 Å². The van der Waals surface area contributed by atoms with Gasteiger partial charge in [0.15, 0.2) is 57.1 Å². The molecule has 10 aromatic rings. The minimum atomic E-state index is -1.38. The summed E-state index contributed by atoms with van der Waals surface area (Å²) in [6.45, 7) is -0.771. The van der Waals surface area contributed by atoms with Gasteiger partial charge in [0.05, 0.1) is 84.1 Å². The predicted molar refractivity (Wildman–Crippen MR) is 360 cm³/mol. The smallest absolute Gasteiger partial charge is 0.395 e. The second kappa shape index (κ2) is 32.9. The highest BCUT2D eigenvalue weighted by molar-refractivity contribution is 6.40. The largest absolute Gasteiger partial charge is 0.519 e. The number of carbonyl (C=O) groups excluding carboxylic acids is 2. The molecule has 0 unspecified atom stereocenters. The summed E-state index contributed by atoms with van der Waals surface area (Å²) in [6.07, 6.45) is -5.53. The molecule has 2 aromatic carbocycles. The number of amides is 2. The second-order valence-electron chi connectivity index (χ2n) is 22.7. The molecule has 560 valence electrons. The highest BCUT2D eigenvalue weighted by Gasteiger charge is 2.47. The molecular weight excluding hydrogens is 1450 g/mol. The Kier molecular flexibility index (Phi) is 23.8. The maximum Gasteiger partial charge on any atom is 0.519 e. The van der Waals surface area contributed by atoms with Gasteiger partial charge in [-0.25, -0.2) is 29.5 Å². The first kappa shape index (κ1) is 76.1. The van der Waals surface area contributed by atoms with Gasteiger partial charge in [-0.1, -0.05) is 0 Å². The number of hydrogen-bond acceptors (Lipinski definition) is 36. The van der Waals surface area contributed by atoms with Crippen LogP contribution in [0.4, 0.5) is 44.8 Å². The molecule has 48 nitrogen and oxygen atoms in total. The molecule has 0 spiro atoms. The van der Waals surface area contributed by atoms with Gasteiger partial charge in [-0.15, -0.1) is 23.2 Å². The lowest BCUT2D eigenvalue weighted by Gasteiger charge is -2.22. The lowest BCUT2D eigenvalue weighted by molar-refractivity contribution is -0.385. The Morgan fingerprint density at radius 1 is 0.562 bits per heavy atom. The van der Waals surface area contributed by atoms with Crippen LogP contribution in [0.5, 0.6) is 11.5 Å². The van der Waals surface area contributed by atoms with Crippen LogP contribution in [-0.4, -0.2) is 223 Å². The van der Waals surface area contributed by atoms with Crippen LogP contribution < -0.4 is 76.7 Å². The number of imidazole rings is 4. The number of aromatic nitrogens is 16. The topological polar surface area (TPSA) is 732 Å². The standard InChI is InChI=1S/C21H26N12O8.C13H8N2O7.C10H14N6O4.C10H14N6O3.CH2Cl2/c22-19-28-14-11(16(37)30-19)25-4-32(14)9-1-6(35)7(40-9)2-24-21(39)27-10-8(3-34)41-18(13(10)36)33-5-26-12-15(33)29-20(23)31-17(12)38;16-13(21-11-5-1-9(2-6-11)14(17)18)22-12-7-3-10(4-8-12)15(19)20;11-4-3(1-17)20-9(6(4)18)16-2-13-5-7(16)14-10(12)15-8(5)19;11-2-5-4(17)1-6(19-5)16-3-13-7-8(16)14-10(12)15-9(7)18;2-1-3/h4-10,13,18,34-36H,1-3H2,(H2,24,27,39)(H3,22,28,30,37)(H3,23,29,31,38);1-8H;2-4,6,9,17-18H,1,11H2,(H3,12,14,15,19);3-6,17H,1-2,11H2,(H3,12,14,15,18);1H2/t6-,7+,8+,9+,10+,13+,18+;;3-,4-,6-,9-;4-,5+,6+;/m0.10./s1. The van der Waals surface area contributed by atoms with Crippen molar-refractivity contribution in [2.24, 2.45) is 11.5 Å². The van der Waals surface area contributed by atoms with Gasteiger partial charge in [0.25, 0.3) is 33.6 Å². The number of urea groups is 1. The first-order valence-corrected chi connectivity index (χ1v) is 31.7. The Bertz CT molecular complexity index is 4950. The first-order chi connectivity index (χ1) is 50.1.